The van der Waals surface area contributed by atoms with Crippen molar-refractivity contribution in [1.29, 1.82) is 0 Å². The van der Waals surface area contributed by atoms with E-state index in [0.29, 0.717) is 24.3 Å². The topological polar surface area (TPSA) is 55.9 Å². The molecule has 0 aromatic heterocycles. The zero-order valence-corrected chi connectivity index (χ0v) is 26.6. The normalized spacial score (nSPS) is 17.3. The van der Waals surface area contributed by atoms with Gasteiger partial charge in [0.15, 0.2) is 0 Å². The third kappa shape index (κ3) is 9.50. The van der Waals surface area contributed by atoms with Gasteiger partial charge in [0.1, 0.15) is 6.04 Å². The average molecular weight is 575 g/mol. The van der Waals surface area contributed by atoms with Gasteiger partial charge in [0.05, 0.1) is 0 Å². The van der Waals surface area contributed by atoms with Gasteiger partial charge >= 0.3 is 6.03 Å². The molecule has 6 nitrogen and oxygen atoms in total. The van der Waals surface area contributed by atoms with Gasteiger partial charge < -0.3 is 20.0 Å². The predicted molar refractivity (Wildman–Crippen MR) is 174 cm³/mol. The summed E-state index contributed by atoms with van der Waals surface area (Å²) in [5.74, 6) is 1.05. The number of nitrogens with one attached hydrogen (secondary N) is 1. The van der Waals surface area contributed by atoms with Crippen molar-refractivity contribution in [2.24, 2.45) is 11.8 Å². The molecule has 2 aliphatic rings. The molecule has 0 spiro atoms. The number of rotatable bonds is 11. The Morgan fingerprint density at radius 2 is 1.40 bits per heavy atom. The van der Waals surface area contributed by atoms with Crippen molar-refractivity contribution >= 4 is 17.6 Å². The molecule has 0 aliphatic carbocycles. The largest absolute Gasteiger partial charge is 0.368 e. The van der Waals surface area contributed by atoms with Crippen molar-refractivity contribution in [2.45, 2.75) is 97.6 Å². The van der Waals surface area contributed by atoms with Crippen molar-refractivity contribution in [1.82, 2.24) is 15.1 Å². The highest BCUT2D eigenvalue weighted by atomic mass is 16.2. The highest BCUT2D eigenvalue weighted by Gasteiger charge is 2.32. The second-order valence-corrected chi connectivity index (χ2v) is 13.3. The SMILES string of the molecule is CC(C)CCN(c1ccc(Cc2ccccc2)cc1)C1CCN(C(=O)C(CC(C)C)NC(=O)N2CCCCCC2)CC1. The van der Waals surface area contributed by atoms with Crippen molar-refractivity contribution in [3.8, 4) is 0 Å². The summed E-state index contributed by atoms with van der Waals surface area (Å²) in [6.07, 6.45) is 9.11. The molecule has 1 unspecified atom stereocenters. The fraction of sp³-hybridized carbons (Fsp3) is 0.611. The number of hydrogen-bond acceptors (Lipinski definition) is 3. The molecule has 1 N–H and O–H groups in total. The van der Waals surface area contributed by atoms with Crippen LogP contribution < -0.4 is 10.2 Å². The molecule has 2 aromatic rings. The summed E-state index contributed by atoms with van der Waals surface area (Å²) < 4.78 is 0. The van der Waals surface area contributed by atoms with Gasteiger partial charge in [0.25, 0.3) is 0 Å². The minimum absolute atomic E-state index is 0.0682. The van der Waals surface area contributed by atoms with Crippen molar-refractivity contribution in [3.63, 3.8) is 0 Å². The number of carbonyl (C=O) groups excluding carboxylic acids is 2. The summed E-state index contributed by atoms with van der Waals surface area (Å²) in [7, 11) is 0. The molecule has 2 heterocycles. The molecule has 2 saturated heterocycles. The number of hydrogen-bond donors (Lipinski definition) is 1. The maximum Gasteiger partial charge on any atom is 0.318 e. The molecule has 2 fully saturated rings. The van der Waals surface area contributed by atoms with Crippen molar-refractivity contribution in [2.75, 3.05) is 37.6 Å². The zero-order valence-electron chi connectivity index (χ0n) is 26.6. The fourth-order valence-electron chi connectivity index (χ4n) is 6.38. The van der Waals surface area contributed by atoms with E-state index in [2.05, 4.69) is 92.5 Å². The first-order valence-corrected chi connectivity index (χ1v) is 16.5. The maximum atomic E-state index is 13.7. The number of carbonyl (C=O) groups is 2. The lowest BCUT2D eigenvalue weighted by molar-refractivity contribution is -0.134. The lowest BCUT2D eigenvalue weighted by Crippen LogP contribution is -2.55. The Kier molecular flexibility index (Phi) is 12.2. The predicted octanol–water partition coefficient (Wildman–Crippen LogP) is 7.12. The molecule has 2 aromatic carbocycles. The number of anilines is 1. The molecular formula is C36H54N4O2. The van der Waals surface area contributed by atoms with Crippen LogP contribution in [0.25, 0.3) is 0 Å². The van der Waals surface area contributed by atoms with E-state index < -0.39 is 6.04 Å². The van der Waals surface area contributed by atoms with Gasteiger partial charge in [-0.3, -0.25) is 4.79 Å². The van der Waals surface area contributed by atoms with Gasteiger partial charge in [-0.05, 0) is 80.0 Å². The van der Waals surface area contributed by atoms with Crippen LogP contribution in [0.2, 0.25) is 0 Å². The zero-order chi connectivity index (χ0) is 29.9. The molecule has 1 atom stereocenters. The lowest BCUT2D eigenvalue weighted by atomic mass is 9.97. The van der Waals surface area contributed by atoms with Gasteiger partial charge in [-0.15, -0.1) is 0 Å². The van der Waals surface area contributed by atoms with Crippen LogP contribution in [0.5, 0.6) is 0 Å². The van der Waals surface area contributed by atoms with E-state index in [1.807, 2.05) is 9.80 Å². The summed E-state index contributed by atoms with van der Waals surface area (Å²) in [6.45, 7) is 12.9. The smallest absolute Gasteiger partial charge is 0.318 e. The van der Waals surface area contributed by atoms with Crippen LogP contribution in [0, 0.1) is 11.8 Å². The van der Waals surface area contributed by atoms with E-state index in [9.17, 15) is 9.59 Å². The average Bonchev–Trinajstić information content (AvgIpc) is 3.28. The van der Waals surface area contributed by atoms with E-state index in [1.165, 1.54) is 29.7 Å². The van der Waals surface area contributed by atoms with Gasteiger partial charge in [-0.1, -0.05) is 83.0 Å². The van der Waals surface area contributed by atoms with Crippen molar-refractivity contribution < 1.29 is 9.59 Å². The fourth-order valence-corrected chi connectivity index (χ4v) is 6.38. The molecule has 230 valence electrons. The minimum Gasteiger partial charge on any atom is -0.368 e. The Balaban J connectivity index is 1.38. The Hall–Kier alpha value is -3.02. The van der Waals surface area contributed by atoms with Crippen molar-refractivity contribution in [3.05, 3.63) is 65.7 Å². The molecule has 4 rings (SSSR count). The van der Waals surface area contributed by atoms with Crippen LogP contribution in [0.3, 0.4) is 0 Å². The number of likely N-dealkylation sites (tertiary alicyclic amines) is 2. The van der Waals surface area contributed by atoms with E-state index in [4.69, 9.17) is 0 Å². The molecule has 6 heteroatoms. The summed E-state index contributed by atoms with van der Waals surface area (Å²) in [5, 5.41) is 3.14. The lowest BCUT2D eigenvalue weighted by Gasteiger charge is -2.41. The number of urea groups is 1. The van der Waals surface area contributed by atoms with Gasteiger partial charge in [-0.25, -0.2) is 4.79 Å². The van der Waals surface area contributed by atoms with E-state index in [0.717, 1.165) is 71.2 Å². The van der Waals surface area contributed by atoms with Crippen LogP contribution in [-0.2, 0) is 11.2 Å². The number of nitrogens with zero attached hydrogens (tertiary/aromatic N) is 3. The quantitative estimate of drug-likeness (QED) is 0.311. The maximum absolute atomic E-state index is 13.7. The highest BCUT2D eigenvalue weighted by molar-refractivity contribution is 5.87. The second kappa shape index (κ2) is 16.0. The van der Waals surface area contributed by atoms with E-state index >= 15 is 0 Å². The monoisotopic (exact) mass is 574 g/mol. The second-order valence-electron chi connectivity index (χ2n) is 13.3. The Labute approximate surface area is 254 Å². The van der Waals surface area contributed by atoms with Crippen LogP contribution in [0.1, 0.15) is 90.2 Å². The first kappa shape index (κ1) is 31.9. The first-order valence-electron chi connectivity index (χ1n) is 16.5. The summed E-state index contributed by atoms with van der Waals surface area (Å²) >= 11 is 0. The molecule has 0 radical (unpaired) electrons. The molecule has 42 heavy (non-hydrogen) atoms. The number of benzene rings is 2. The standard InChI is InChI=1S/C36H54N4O2/c1-28(2)18-25-40(32-16-14-31(15-17-32)27-30-12-8-7-9-13-30)33-19-23-38(24-20-33)35(41)34(26-29(3)4)37-36(42)39-21-10-5-6-11-22-39/h7-9,12-17,28-29,33-34H,5-6,10-11,18-27H2,1-4H3,(H,37,42). The van der Waals surface area contributed by atoms with Crippen LogP contribution in [-0.4, -0.2) is 66.5 Å². The number of piperidine rings is 1. The Morgan fingerprint density at radius 3 is 2.00 bits per heavy atom. The molecular weight excluding hydrogens is 520 g/mol. The summed E-state index contributed by atoms with van der Waals surface area (Å²) in [6, 6.07) is 19.6. The highest BCUT2D eigenvalue weighted by Crippen LogP contribution is 2.27. The number of amides is 3. The summed E-state index contributed by atoms with van der Waals surface area (Å²) in [5.41, 5.74) is 3.93. The Bertz CT molecular complexity index is 1090. The molecule has 2 aliphatic heterocycles. The van der Waals surface area contributed by atoms with Gasteiger partial charge in [-0.2, -0.15) is 0 Å². The van der Waals surface area contributed by atoms with Gasteiger partial charge in [0.2, 0.25) is 5.91 Å². The first-order chi connectivity index (χ1) is 20.3. The van der Waals surface area contributed by atoms with E-state index in [-0.39, 0.29) is 11.9 Å². The van der Waals surface area contributed by atoms with Crippen LogP contribution in [0.4, 0.5) is 10.5 Å². The summed E-state index contributed by atoms with van der Waals surface area (Å²) in [4.78, 5) is 33.4. The molecule has 3 amide bonds. The third-order valence-electron chi connectivity index (χ3n) is 8.88. The van der Waals surface area contributed by atoms with Gasteiger partial charge in [0, 0.05) is 44.5 Å². The third-order valence-corrected chi connectivity index (χ3v) is 8.88. The van der Waals surface area contributed by atoms with Crippen LogP contribution >= 0.6 is 0 Å². The Morgan fingerprint density at radius 1 is 0.786 bits per heavy atom. The molecule has 0 bridgehead atoms. The minimum atomic E-state index is -0.452. The molecule has 0 saturated carbocycles. The van der Waals surface area contributed by atoms with Crippen LogP contribution in [0.15, 0.2) is 54.6 Å². The van der Waals surface area contributed by atoms with E-state index in [1.54, 1.807) is 0 Å².